The molecule has 0 aliphatic carbocycles. The van der Waals surface area contributed by atoms with Crippen LogP contribution in [-0.4, -0.2) is 72.7 Å². The number of hydrogen-bond donors (Lipinski definition) is 1. The highest BCUT2D eigenvalue weighted by Gasteiger charge is 2.37. The molecular weight excluding hydrogens is 350 g/mol. The number of sulfonamides is 1. The van der Waals surface area contributed by atoms with Crippen molar-refractivity contribution < 1.29 is 18.3 Å². The first kappa shape index (κ1) is 17.3. The van der Waals surface area contributed by atoms with Gasteiger partial charge in [-0.2, -0.15) is 0 Å². The van der Waals surface area contributed by atoms with E-state index >= 15 is 0 Å². The summed E-state index contributed by atoms with van der Waals surface area (Å²) in [7, 11) is -0.501. The molecule has 0 spiro atoms. The Kier molecular flexibility index (Phi) is 4.60. The molecule has 24 heavy (non-hydrogen) atoms. The van der Waals surface area contributed by atoms with Gasteiger partial charge < -0.3 is 10.0 Å². The molecule has 1 aromatic heterocycles. The smallest absolute Gasteiger partial charge is 0.254 e. The van der Waals surface area contributed by atoms with Crippen LogP contribution in [0.15, 0.2) is 23.7 Å². The fourth-order valence-electron chi connectivity index (χ4n) is 2.78. The molecule has 0 saturated carbocycles. The van der Waals surface area contributed by atoms with E-state index < -0.39 is 22.0 Å². The van der Waals surface area contributed by atoms with Crippen LogP contribution in [0.4, 0.5) is 0 Å². The van der Waals surface area contributed by atoms with Crippen molar-refractivity contribution in [2.24, 2.45) is 5.92 Å². The number of amides is 1. The van der Waals surface area contributed by atoms with E-state index in [2.05, 4.69) is 4.98 Å². The molecule has 1 saturated heterocycles. The Bertz CT molecular complexity index is 862. The lowest BCUT2D eigenvalue weighted by Gasteiger charge is -2.18. The maximum absolute atomic E-state index is 12.6. The average Bonchev–Trinajstić information content (AvgIpc) is 3.12. The molecule has 0 unspecified atom stereocenters. The predicted molar refractivity (Wildman–Crippen MR) is 92.5 cm³/mol. The Morgan fingerprint density at radius 2 is 2.17 bits per heavy atom. The van der Waals surface area contributed by atoms with E-state index in [9.17, 15) is 18.3 Å². The molecule has 1 aliphatic rings. The van der Waals surface area contributed by atoms with Crippen molar-refractivity contribution in [1.29, 1.82) is 0 Å². The van der Waals surface area contributed by atoms with Crippen molar-refractivity contribution in [1.82, 2.24) is 14.2 Å². The Morgan fingerprint density at radius 1 is 1.42 bits per heavy atom. The Hall–Kier alpha value is -1.55. The number of fused-ring (bicyclic) bond motifs is 1. The topological polar surface area (TPSA) is 90.8 Å². The lowest BCUT2D eigenvalue weighted by Crippen LogP contribution is -2.33. The molecule has 1 aromatic carbocycles. The maximum Gasteiger partial charge on any atom is 0.254 e. The number of aliphatic hydroxyl groups is 1. The third-order valence-corrected chi connectivity index (χ3v) is 7.02. The summed E-state index contributed by atoms with van der Waals surface area (Å²) in [5, 5.41) is 10.2. The first-order chi connectivity index (χ1) is 11.3. The quantitative estimate of drug-likeness (QED) is 0.853. The number of aliphatic hydroxyl groups excluding tert-OH is 1. The lowest BCUT2D eigenvalue weighted by molar-refractivity contribution is 0.0765. The molecule has 9 heteroatoms. The van der Waals surface area contributed by atoms with Gasteiger partial charge in [-0.3, -0.25) is 4.79 Å². The second kappa shape index (κ2) is 6.40. The number of thiazole rings is 1. The standard InChI is InChI=1S/C15H19N3O4S2/c1-17(2)24(21,22)8-11-6-18(7-13(11)19)15(20)10-3-4-14-12(5-10)16-9-23-14/h3-5,9,11,13,19H,6-8H2,1-2H3/t11-,13-/m0/s1. The number of carbonyl (C=O) groups excluding carboxylic acids is 1. The van der Waals surface area contributed by atoms with Gasteiger partial charge in [-0.15, -0.1) is 11.3 Å². The minimum absolute atomic E-state index is 0.140. The number of carbonyl (C=O) groups is 1. The molecule has 1 fully saturated rings. The zero-order valence-electron chi connectivity index (χ0n) is 13.4. The summed E-state index contributed by atoms with van der Waals surface area (Å²) in [4.78, 5) is 18.3. The molecule has 2 aromatic rings. The molecule has 7 nitrogen and oxygen atoms in total. The van der Waals surface area contributed by atoms with Crippen LogP contribution in [0.3, 0.4) is 0 Å². The number of hydrogen-bond acceptors (Lipinski definition) is 6. The summed E-state index contributed by atoms with van der Waals surface area (Å²) in [6.07, 6.45) is -0.841. The number of nitrogens with zero attached hydrogens (tertiary/aromatic N) is 3. The number of benzene rings is 1. The van der Waals surface area contributed by atoms with Crippen LogP contribution in [0.25, 0.3) is 10.2 Å². The van der Waals surface area contributed by atoms with E-state index in [1.165, 1.54) is 30.3 Å². The van der Waals surface area contributed by atoms with Gasteiger partial charge in [-0.05, 0) is 18.2 Å². The van der Waals surface area contributed by atoms with E-state index in [0.29, 0.717) is 5.56 Å². The second-order valence-corrected chi connectivity index (χ2v) is 9.25. The summed E-state index contributed by atoms with van der Waals surface area (Å²) < 4.78 is 26.1. The second-order valence-electron chi connectivity index (χ2n) is 6.13. The van der Waals surface area contributed by atoms with Crippen molar-refractivity contribution in [2.75, 3.05) is 32.9 Å². The monoisotopic (exact) mass is 369 g/mol. The van der Waals surface area contributed by atoms with Crippen molar-refractivity contribution in [3.63, 3.8) is 0 Å². The molecule has 2 heterocycles. The van der Waals surface area contributed by atoms with Gasteiger partial charge in [-0.1, -0.05) is 0 Å². The predicted octanol–water partition coefficient (Wildman–Crippen LogP) is 0.621. The highest BCUT2D eigenvalue weighted by Crippen LogP contribution is 2.24. The minimum Gasteiger partial charge on any atom is -0.391 e. The number of aromatic nitrogens is 1. The van der Waals surface area contributed by atoms with E-state index in [1.54, 1.807) is 17.6 Å². The van der Waals surface area contributed by atoms with Crippen LogP contribution in [-0.2, 0) is 10.0 Å². The van der Waals surface area contributed by atoms with E-state index in [-0.39, 0.29) is 24.7 Å². The third-order valence-electron chi connectivity index (χ3n) is 4.25. The van der Waals surface area contributed by atoms with Gasteiger partial charge in [-0.25, -0.2) is 17.7 Å². The van der Waals surface area contributed by atoms with Gasteiger partial charge >= 0.3 is 0 Å². The zero-order valence-corrected chi connectivity index (χ0v) is 15.0. The summed E-state index contributed by atoms with van der Waals surface area (Å²) in [6, 6.07) is 5.31. The van der Waals surface area contributed by atoms with Gasteiger partial charge in [0.05, 0.1) is 27.6 Å². The summed E-state index contributed by atoms with van der Waals surface area (Å²) >= 11 is 1.50. The lowest BCUT2D eigenvalue weighted by atomic mass is 10.1. The molecule has 1 N–H and O–H groups in total. The largest absolute Gasteiger partial charge is 0.391 e. The zero-order chi connectivity index (χ0) is 17.5. The number of rotatable bonds is 4. The molecule has 0 bridgehead atoms. The van der Waals surface area contributed by atoms with E-state index in [1.807, 2.05) is 6.07 Å². The molecule has 1 aliphatic heterocycles. The van der Waals surface area contributed by atoms with Gasteiger partial charge in [0, 0.05) is 38.7 Å². The molecule has 2 atom stereocenters. The van der Waals surface area contributed by atoms with Crippen molar-refractivity contribution in [3.8, 4) is 0 Å². The SMILES string of the molecule is CN(C)S(=O)(=O)C[C@@H]1CN(C(=O)c2ccc3scnc3c2)C[C@@H]1O. The van der Waals surface area contributed by atoms with Crippen molar-refractivity contribution >= 4 is 37.5 Å². The fourth-order valence-corrected chi connectivity index (χ4v) is 4.60. The minimum atomic E-state index is -3.42. The summed E-state index contributed by atoms with van der Waals surface area (Å²) in [5.41, 5.74) is 2.98. The fraction of sp³-hybridized carbons (Fsp3) is 0.467. The van der Waals surface area contributed by atoms with Gasteiger partial charge in [0.2, 0.25) is 10.0 Å². The maximum atomic E-state index is 12.6. The van der Waals surface area contributed by atoms with Crippen molar-refractivity contribution in [2.45, 2.75) is 6.10 Å². The van der Waals surface area contributed by atoms with E-state index in [4.69, 9.17) is 0 Å². The number of β-amino-alcohol motifs (C(OH)–C–C–N with tert-alkyl or cyclic N) is 1. The van der Waals surface area contributed by atoms with Gasteiger partial charge in [0.1, 0.15) is 0 Å². The van der Waals surface area contributed by atoms with Crippen LogP contribution in [0, 0.1) is 5.92 Å². The van der Waals surface area contributed by atoms with Crippen LogP contribution in [0.5, 0.6) is 0 Å². The first-order valence-electron chi connectivity index (χ1n) is 7.49. The molecule has 130 valence electrons. The Balaban J connectivity index is 1.75. The first-order valence-corrected chi connectivity index (χ1v) is 9.97. The van der Waals surface area contributed by atoms with Crippen LogP contribution in [0.2, 0.25) is 0 Å². The van der Waals surface area contributed by atoms with Crippen LogP contribution >= 0.6 is 11.3 Å². The van der Waals surface area contributed by atoms with E-state index in [0.717, 1.165) is 14.5 Å². The molecule has 3 rings (SSSR count). The molecular formula is C15H19N3O4S2. The van der Waals surface area contributed by atoms with Crippen LogP contribution in [0.1, 0.15) is 10.4 Å². The van der Waals surface area contributed by atoms with Crippen LogP contribution < -0.4 is 0 Å². The summed E-state index contributed by atoms with van der Waals surface area (Å²) in [6.45, 7) is 0.365. The average molecular weight is 369 g/mol. The molecule has 0 radical (unpaired) electrons. The highest BCUT2D eigenvalue weighted by molar-refractivity contribution is 7.89. The third kappa shape index (κ3) is 3.30. The van der Waals surface area contributed by atoms with Gasteiger partial charge in [0.15, 0.2) is 0 Å². The van der Waals surface area contributed by atoms with Crippen molar-refractivity contribution in [3.05, 3.63) is 29.3 Å². The Morgan fingerprint density at radius 3 is 2.88 bits per heavy atom. The normalized spacial score (nSPS) is 21.8. The van der Waals surface area contributed by atoms with Gasteiger partial charge in [0.25, 0.3) is 5.91 Å². The molecule has 1 amide bonds. The number of likely N-dealkylation sites (tertiary alicyclic amines) is 1. The highest BCUT2D eigenvalue weighted by atomic mass is 32.2. The Labute approximate surface area is 144 Å². The summed E-state index contributed by atoms with van der Waals surface area (Å²) in [5.74, 6) is -0.867.